The molecule has 0 aromatic heterocycles. The van der Waals surface area contributed by atoms with Gasteiger partial charge in [-0.1, -0.05) is 152 Å². The minimum absolute atomic E-state index is 0.0422. The molecule has 0 rings (SSSR count). The molecule has 5 heteroatoms. The molecule has 2 unspecified atom stereocenters. The molecule has 2 atom stereocenters. The fourth-order valence-corrected chi connectivity index (χ4v) is 8.07. The van der Waals surface area contributed by atoms with Gasteiger partial charge in [0.1, 0.15) is 0 Å². The Labute approximate surface area is 288 Å². The second kappa shape index (κ2) is 24.1. The summed E-state index contributed by atoms with van der Waals surface area (Å²) in [5.41, 5.74) is -1.25. The van der Waals surface area contributed by atoms with Crippen molar-refractivity contribution in [1.29, 1.82) is 0 Å². The quantitative estimate of drug-likeness (QED) is 0.0787. The highest BCUT2D eigenvalue weighted by molar-refractivity contribution is 5.84. The largest absolute Gasteiger partial charge is 0.380 e. The standard InChI is InChI=1S/C41H82N2O3/c1-12-17-20-23-26-29-40(10,28-15-4)43(41(11,30-25-22-19-14-3)31-27-24-21-18-13-2)37(45)39(8,9)35-38(6,7)34-36(44)42-32-33-46-16-5/h12-35H2,1-11H3,(H,42,44). The topological polar surface area (TPSA) is 58.6 Å². The number of hydrogen-bond donors (Lipinski definition) is 1. The molecule has 274 valence electrons. The molecule has 0 heterocycles. The van der Waals surface area contributed by atoms with E-state index in [-0.39, 0.29) is 22.4 Å². The molecular weight excluding hydrogens is 568 g/mol. The highest BCUT2D eigenvalue weighted by Crippen LogP contribution is 2.45. The third-order valence-electron chi connectivity index (χ3n) is 10.2. The Morgan fingerprint density at radius 3 is 1.46 bits per heavy atom. The molecule has 0 saturated carbocycles. The molecule has 0 saturated heterocycles. The van der Waals surface area contributed by atoms with Gasteiger partial charge in [-0.15, -0.1) is 0 Å². The van der Waals surface area contributed by atoms with Crippen molar-refractivity contribution in [3.8, 4) is 0 Å². The van der Waals surface area contributed by atoms with E-state index >= 15 is 4.79 Å². The van der Waals surface area contributed by atoms with Crippen LogP contribution in [0.3, 0.4) is 0 Å². The third kappa shape index (κ3) is 17.9. The lowest BCUT2D eigenvalue weighted by molar-refractivity contribution is -0.161. The molecule has 46 heavy (non-hydrogen) atoms. The Hall–Kier alpha value is -1.10. The second-order valence-electron chi connectivity index (χ2n) is 16.5. The van der Waals surface area contributed by atoms with Crippen LogP contribution in [0.25, 0.3) is 0 Å². The molecule has 0 bridgehead atoms. The fraction of sp³-hybridized carbons (Fsp3) is 0.951. The van der Waals surface area contributed by atoms with Crippen LogP contribution in [-0.2, 0) is 14.3 Å². The molecular formula is C41H82N2O3. The highest BCUT2D eigenvalue weighted by Gasteiger charge is 2.50. The first-order valence-corrected chi connectivity index (χ1v) is 19.9. The molecule has 0 fully saturated rings. The van der Waals surface area contributed by atoms with E-state index in [4.69, 9.17) is 4.74 Å². The van der Waals surface area contributed by atoms with Gasteiger partial charge in [-0.05, 0) is 58.3 Å². The average Bonchev–Trinajstić information content (AvgIpc) is 2.96. The van der Waals surface area contributed by atoms with Crippen LogP contribution in [-0.4, -0.2) is 47.6 Å². The summed E-state index contributed by atoms with van der Waals surface area (Å²) in [6, 6.07) is 0. The molecule has 0 radical (unpaired) electrons. The summed E-state index contributed by atoms with van der Waals surface area (Å²) in [6.07, 6.45) is 23.8. The van der Waals surface area contributed by atoms with E-state index in [0.717, 1.165) is 32.1 Å². The van der Waals surface area contributed by atoms with Crippen LogP contribution in [0, 0.1) is 10.8 Å². The van der Waals surface area contributed by atoms with Crippen molar-refractivity contribution in [1.82, 2.24) is 10.2 Å². The van der Waals surface area contributed by atoms with Crippen molar-refractivity contribution in [2.45, 2.75) is 222 Å². The number of unbranched alkanes of at least 4 members (excludes halogenated alkanes) is 11. The summed E-state index contributed by atoms with van der Waals surface area (Å²) < 4.78 is 5.41. The maximum Gasteiger partial charge on any atom is 0.229 e. The summed E-state index contributed by atoms with van der Waals surface area (Å²) in [5.74, 6) is 0.342. The number of ether oxygens (including phenoxy) is 1. The minimum atomic E-state index is -0.584. The molecule has 0 spiro atoms. The number of nitrogens with zero attached hydrogens (tertiary/aromatic N) is 1. The van der Waals surface area contributed by atoms with E-state index in [1.165, 1.54) is 89.9 Å². The molecule has 0 aliphatic carbocycles. The SMILES string of the molecule is CCCCCCCC(C)(CCC)N(C(=O)C(C)(C)CC(C)(C)CC(=O)NCCOCC)C(C)(CCCCCC)CCCCCCC. The van der Waals surface area contributed by atoms with E-state index in [0.29, 0.717) is 38.5 Å². The first-order valence-electron chi connectivity index (χ1n) is 19.9. The molecule has 0 aliphatic rings. The van der Waals surface area contributed by atoms with E-state index in [9.17, 15) is 4.79 Å². The summed E-state index contributed by atoms with van der Waals surface area (Å²) in [6.45, 7) is 26.3. The van der Waals surface area contributed by atoms with Gasteiger partial charge in [-0.3, -0.25) is 9.59 Å². The normalized spacial score (nSPS) is 14.9. The van der Waals surface area contributed by atoms with Crippen LogP contribution < -0.4 is 5.32 Å². The second-order valence-corrected chi connectivity index (χ2v) is 16.5. The molecule has 0 aromatic rings. The average molecular weight is 651 g/mol. The lowest BCUT2D eigenvalue weighted by Gasteiger charge is -2.55. The van der Waals surface area contributed by atoms with Gasteiger partial charge >= 0.3 is 0 Å². The first-order chi connectivity index (χ1) is 21.7. The summed E-state index contributed by atoms with van der Waals surface area (Å²) in [4.78, 5) is 30.7. The minimum Gasteiger partial charge on any atom is -0.380 e. The van der Waals surface area contributed by atoms with Gasteiger partial charge in [0.2, 0.25) is 11.8 Å². The van der Waals surface area contributed by atoms with Crippen LogP contribution >= 0.6 is 0 Å². The zero-order chi connectivity index (χ0) is 35.1. The van der Waals surface area contributed by atoms with Crippen LogP contribution in [0.1, 0.15) is 211 Å². The van der Waals surface area contributed by atoms with E-state index in [1.54, 1.807) is 0 Å². The van der Waals surface area contributed by atoms with E-state index in [2.05, 4.69) is 79.5 Å². The fourth-order valence-electron chi connectivity index (χ4n) is 8.07. The number of rotatable bonds is 30. The smallest absolute Gasteiger partial charge is 0.229 e. The molecule has 0 aliphatic heterocycles. The number of amides is 2. The Morgan fingerprint density at radius 1 is 0.587 bits per heavy atom. The van der Waals surface area contributed by atoms with Crippen molar-refractivity contribution in [3.63, 3.8) is 0 Å². The molecule has 0 aromatic carbocycles. The predicted octanol–water partition coefficient (Wildman–Crippen LogP) is 11.8. The zero-order valence-corrected chi connectivity index (χ0v) is 33.1. The van der Waals surface area contributed by atoms with Gasteiger partial charge in [0.05, 0.1) is 6.61 Å². The Morgan fingerprint density at radius 2 is 1.02 bits per heavy atom. The number of carbonyl (C=O) groups is 2. The molecule has 1 N–H and O–H groups in total. The zero-order valence-electron chi connectivity index (χ0n) is 33.1. The van der Waals surface area contributed by atoms with E-state index < -0.39 is 5.41 Å². The number of carbonyl (C=O) groups excluding carboxylic acids is 2. The van der Waals surface area contributed by atoms with Crippen LogP contribution in [0.2, 0.25) is 0 Å². The van der Waals surface area contributed by atoms with Gasteiger partial charge in [0.25, 0.3) is 0 Å². The van der Waals surface area contributed by atoms with Gasteiger partial charge in [-0.2, -0.15) is 0 Å². The van der Waals surface area contributed by atoms with Gasteiger partial charge in [0.15, 0.2) is 0 Å². The van der Waals surface area contributed by atoms with Gasteiger partial charge in [-0.25, -0.2) is 0 Å². The lowest BCUT2D eigenvalue weighted by atomic mass is 9.70. The van der Waals surface area contributed by atoms with Crippen LogP contribution in [0.15, 0.2) is 0 Å². The van der Waals surface area contributed by atoms with Crippen LogP contribution in [0.5, 0.6) is 0 Å². The third-order valence-corrected chi connectivity index (χ3v) is 10.2. The molecule has 2 amide bonds. The maximum absolute atomic E-state index is 15.3. The van der Waals surface area contributed by atoms with Crippen molar-refractivity contribution >= 4 is 11.8 Å². The maximum atomic E-state index is 15.3. The van der Waals surface area contributed by atoms with E-state index in [1.807, 2.05) is 6.92 Å². The predicted molar refractivity (Wildman–Crippen MR) is 200 cm³/mol. The summed E-state index contributed by atoms with van der Waals surface area (Å²) in [7, 11) is 0. The van der Waals surface area contributed by atoms with Gasteiger partial charge in [0, 0.05) is 36.1 Å². The van der Waals surface area contributed by atoms with Crippen molar-refractivity contribution in [2.24, 2.45) is 10.8 Å². The first kappa shape index (κ1) is 44.9. The highest BCUT2D eigenvalue weighted by atomic mass is 16.5. The van der Waals surface area contributed by atoms with Crippen molar-refractivity contribution in [2.75, 3.05) is 19.8 Å². The Kier molecular flexibility index (Phi) is 23.5. The monoisotopic (exact) mass is 651 g/mol. The van der Waals surface area contributed by atoms with Crippen molar-refractivity contribution < 1.29 is 14.3 Å². The van der Waals surface area contributed by atoms with Gasteiger partial charge < -0.3 is 15.0 Å². The van der Waals surface area contributed by atoms with Crippen LogP contribution in [0.4, 0.5) is 0 Å². The lowest BCUT2D eigenvalue weighted by Crippen LogP contribution is -2.64. The number of nitrogens with one attached hydrogen (secondary N) is 1. The van der Waals surface area contributed by atoms with Crippen molar-refractivity contribution in [3.05, 3.63) is 0 Å². The number of hydrogen-bond acceptors (Lipinski definition) is 3. The Balaban J connectivity index is 6.51. The Bertz CT molecular complexity index is 795. The summed E-state index contributed by atoms with van der Waals surface area (Å²) >= 11 is 0. The summed E-state index contributed by atoms with van der Waals surface area (Å²) in [5, 5.41) is 3.03. The molecule has 5 nitrogen and oxygen atoms in total.